The van der Waals surface area contributed by atoms with E-state index in [4.69, 9.17) is 4.74 Å². The van der Waals surface area contributed by atoms with E-state index in [9.17, 15) is 4.79 Å². The summed E-state index contributed by atoms with van der Waals surface area (Å²) in [6.45, 7) is 6.06. The Labute approximate surface area is 133 Å². The highest BCUT2D eigenvalue weighted by Gasteiger charge is 2.22. The van der Waals surface area contributed by atoms with Crippen molar-refractivity contribution in [1.82, 2.24) is 4.90 Å². The molecule has 1 aliphatic rings. The molecule has 0 spiro atoms. The van der Waals surface area contributed by atoms with Crippen molar-refractivity contribution in [2.75, 3.05) is 37.9 Å². The van der Waals surface area contributed by atoms with E-state index < -0.39 is 0 Å². The first kappa shape index (κ1) is 16.6. The van der Waals surface area contributed by atoms with Crippen LogP contribution >= 0.6 is 0 Å². The first-order valence-corrected chi connectivity index (χ1v) is 7.90. The van der Waals surface area contributed by atoms with Gasteiger partial charge in [0.05, 0.1) is 12.8 Å². The lowest BCUT2D eigenvalue weighted by atomic mass is 9.90. The molecule has 0 saturated carbocycles. The van der Waals surface area contributed by atoms with Gasteiger partial charge in [0.1, 0.15) is 5.75 Å². The van der Waals surface area contributed by atoms with Crippen LogP contribution in [-0.4, -0.2) is 44.1 Å². The van der Waals surface area contributed by atoms with Crippen molar-refractivity contribution in [2.24, 2.45) is 5.92 Å². The van der Waals surface area contributed by atoms with E-state index in [1.165, 1.54) is 19.8 Å². The molecule has 1 aromatic rings. The largest absolute Gasteiger partial charge is 0.495 e. The number of carbonyl (C=O) groups is 1. The number of anilines is 2. The van der Waals surface area contributed by atoms with E-state index in [2.05, 4.69) is 29.5 Å². The third-order valence-corrected chi connectivity index (χ3v) is 4.38. The number of nitrogens with zero attached hydrogens (tertiary/aromatic N) is 1. The number of piperidine rings is 1. The molecule has 1 heterocycles. The Hall–Kier alpha value is -1.75. The van der Waals surface area contributed by atoms with Gasteiger partial charge in [-0.1, -0.05) is 0 Å². The summed E-state index contributed by atoms with van der Waals surface area (Å²) in [4.78, 5) is 13.5. The molecule has 1 aromatic carbocycles. The Bertz CT molecular complexity index is 511. The number of amides is 1. The number of rotatable bonds is 5. The lowest BCUT2D eigenvalue weighted by molar-refractivity contribution is -0.114. The number of ether oxygens (including phenoxy) is 1. The van der Waals surface area contributed by atoms with Crippen LogP contribution in [0.5, 0.6) is 5.75 Å². The smallest absolute Gasteiger partial charge is 0.221 e. The van der Waals surface area contributed by atoms with Crippen molar-refractivity contribution in [3.05, 3.63) is 18.2 Å². The van der Waals surface area contributed by atoms with Gasteiger partial charge in [0, 0.05) is 24.7 Å². The molecule has 1 fully saturated rings. The summed E-state index contributed by atoms with van der Waals surface area (Å²) in [5.74, 6) is 1.35. The molecule has 1 amide bonds. The average Bonchev–Trinajstić information content (AvgIpc) is 2.48. The molecular formula is C17H27N3O2. The van der Waals surface area contributed by atoms with Crippen molar-refractivity contribution in [3.63, 3.8) is 0 Å². The maximum absolute atomic E-state index is 11.1. The summed E-state index contributed by atoms with van der Waals surface area (Å²) in [6, 6.07) is 6.11. The zero-order valence-corrected chi connectivity index (χ0v) is 14.0. The zero-order chi connectivity index (χ0) is 16.1. The van der Waals surface area contributed by atoms with Gasteiger partial charge in [0.15, 0.2) is 0 Å². The van der Waals surface area contributed by atoms with Gasteiger partial charge in [0.2, 0.25) is 5.91 Å². The molecule has 5 heteroatoms. The van der Waals surface area contributed by atoms with Gasteiger partial charge >= 0.3 is 0 Å². The summed E-state index contributed by atoms with van der Waals surface area (Å²) in [7, 11) is 3.83. The molecule has 0 bridgehead atoms. The monoisotopic (exact) mass is 305 g/mol. The van der Waals surface area contributed by atoms with Crippen molar-refractivity contribution in [3.8, 4) is 5.75 Å². The summed E-state index contributed by atoms with van der Waals surface area (Å²) in [6.07, 6.45) is 2.44. The van der Waals surface area contributed by atoms with Gasteiger partial charge in [-0.2, -0.15) is 0 Å². The minimum absolute atomic E-state index is 0.0811. The highest BCUT2D eigenvalue weighted by molar-refractivity contribution is 5.89. The maximum atomic E-state index is 11.1. The topological polar surface area (TPSA) is 53.6 Å². The van der Waals surface area contributed by atoms with Gasteiger partial charge in [-0.25, -0.2) is 0 Å². The molecular weight excluding hydrogens is 278 g/mol. The molecule has 1 saturated heterocycles. The zero-order valence-electron chi connectivity index (χ0n) is 14.0. The van der Waals surface area contributed by atoms with Crippen molar-refractivity contribution < 1.29 is 9.53 Å². The molecule has 0 aliphatic carbocycles. The predicted octanol–water partition coefficient (Wildman–Crippen LogP) is 2.80. The SMILES string of the molecule is COc1cc(NC(C)=O)ccc1NC(C)C1CCN(C)CC1. The van der Waals surface area contributed by atoms with Crippen LogP contribution in [0.25, 0.3) is 0 Å². The van der Waals surface area contributed by atoms with Crippen molar-refractivity contribution >= 4 is 17.3 Å². The van der Waals surface area contributed by atoms with E-state index in [1.807, 2.05) is 18.2 Å². The molecule has 1 atom stereocenters. The fourth-order valence-electron chi connectivity index (χ4n) is 2.98. The second-order valence-electron chi connectivity index (χ2n) is 6.17. The minimum Gasteiger partial charge on any atom is -0.495 e. The van der Waals surface area contributed by atoms with E-state index in [-0.39, 0.29) is 5.91 Å². The quantitative estimate of drug-likeness (QED) is 0.878. The first-order chi connectivity index (χ1) is 10.5. The minimum atomic E-state index is -0.0811. The Kier molecular flexibility index (Phi) is 5.66. The highest BCUT2D eigenvalue weighted by Crippen LogP contribution is 2.30. The Morgan fingerprint density at radius 2 is 2.05 bits per heavy atom. The van der Waals surface area contributed by atoms with Crippen LogP contribution in [0.2, 0.25) is 0 Å². The summed E-state index contributed by atoms with van der Waals surface area (Å²) >= 11 is 0. The molecule has 5 nitrogen and oxygen atoms in total. The van der Waals surface area contributed by atoms with Gasteiger partial charge < -0.3 is 20.3 Å². The third-order valence-electron chi connectivity index (χ3n) is 4.38. The van der Waals surface area contributed by atoms with E-state index >= 15 is 0 Å². The van der Waals surface area contributed by atoms with Gasteiger partial charge in [-0.3, -0.25) is 4.79 Å². The predicted molar refractivity (Wildman–Crippen MR) is 90.6 cm³/mol. The normalized spacial score (nSPS) is 17.8. The number of benzene rings is 1. The van der Waals surface area contributed by atoms with E-state index in [0.717, 1.165) is 30.2 Å². The molecule has 0 radical (unpaired) electrons. The Morgan fingerprint density at radius 1 is 1.36 bits per heavy atom. The lowest BCUT2D eigenvalue weighted by Crippen LogP contribution is -2.37. The van der Waals surface area contributed by atoms with Crippen molar-refractivity contribution in [1.29, 1.82) is 0 Å². The van der Waals surface area contributed by atoms with Gasteiger partial charge in [-0.05, 0) is 58.0 Å². The lowest BCUT2D eigenvalue weighted by Gasteiger charge is -2.33. The fourth-order valence-corrected chi connectivity index (χ4v) is 2.98. The summed E-state index contributed by atoms with van der Waals surface area (Å²) in [5, 5.41) is 6.35. The number of hydrogen-bond acceptors (Lipinski definition) is 4. The molecule has 22 heavy (non-hydrogen) atoms. The fraction of sp³-hybridized carbons (Fsp3) is 0.588. The van der Waals surface area contributed by atoms with Crippen LogP contribution in [0, 0.1) is 5.92 Å². The number of nitrogens with one attached hydrogen (secondary N) is 2. The standard InChI is InChI=1S/C17H27N3O2/c1-12(14-7-9-20(3)10-8-14)18-16-6-5-15(19-13(2)21)11-17(16)22-4/h5-6,11-12,14,18H,7-10H2,1-4H3,(H,19,21). The first-order valence-electron chi connectivity index (χ1n) is 7.90. The Balaban J connectivity index is 2.03. The molecule has 122 valence electrons. The molecule has 2 rings (SSSR count). The summed E-state index contributed by atoms with van der Waals surface area (Å²) in [5.41, 5.74) is 1.73. The maximum Gasteiger partial charge on any atom is 0.221 e. The number of carbonyl (C=O) groups excluding carboxylic acids is 1. The van der Waals surface area contributed by atoms with Crippen LogP contribution in [0.4, 0.5) is 11.4 Å². The third kappa shape index (κ3) is 4.37. The average molecular weight is 305 g/mol. The Morgan fingerprint density at radius 3 is 2.64 bits per heavy atom. The second-order valence-corrected chi connectivity index (χ2v) is 6.17. The summed E-state index contributed by atoms with van der Waals surface area (Å²) < 4.78 is 5.45. The van der Waals surface area contributed by atoms with Crippen LogP contribution in [0.1, 0.15) is 26.7 Å². The second kappa shape index (κ2) is 7.49. The van der Waals surface area contributed by atoms with E-state index in [0.29, 0.717) is 12.0 Å². The van der Waals surface area contributed by atoms with Gasteiger partial charge in [-0.15, -0.1) is 0 Å². The molecule has 0 aromatic heterocycles. The number of likely N-dealkylation sites (tertiary alicyclic amines) is 1. The molecule has 1 unspecified atom stereocenters. The number of hydrogen-bond donors (Lipinski definition) is 2. The molecule has 1 aliphatic heterocycles. The number of methoxy groups -OCH3 is 1. The van der Waals surface area contributed by atoms with E-state index in [1.54, 1.807) is 7.11 Å². The highest BCUT2D eigenvalue weighted by atomic mass is 16.5. The van der Waals surface area contributed by atoms with Crippen LogP contribution in [0.15, 0.2) is 18.2 Å². The van der Waals surface area contributed by atoms with Crippen LogP contribution in [0.3, 0.4) is 0 Å². The van der Waals surface area contributed by atoms with Crippen LogP contribution in [-0.2, 0) is 4.79 Å². The van der Waals surface area contributed by atoms with Crippen LogP contribution < -0.4 is 15.4 Å². The van der Waals surface area contributed by atoms with Gasteiger partial charge in [0.25, 0.3) is 0 Å². The van der Waals surface area contributed by atoms with Crippen molar-refractivity contribution in [2.45, 2.75) is 32.7 Å². The molecule has 2 N–H and O–H groups in total.